The summed E-state index contributed by atoms with van der Waals surface area (Å²) in [6.45, 7) is 1.79. The van der Waals surface area contributed by atoms with Gasteiger partial charge in [0.2, 0.25) is 0 Å². The van der Waals surface area contributed by atoms with Gasteiger partial charge in [0.1, 0.15) is 5.00 Å². The van der Waals surface area contributed by atoms with Gasteiger partial charge in [-0.2, -0.15) is 0 Å². The number of rotatable bonds is 2. The third kappa shape index (κ3) is 1.82. The van der Waals surface area contributed by atoms with E-state index in [1.807, 2.05) is 0 Å². The lowest BCUT2D eigenvalue weighted by Crippen LogP contribution is -2.11. The molecule has 3 heterocycles. The van der Waals surface area contributed by atoms with Gasteiger partial charge in [-0.05, 0) is 13.0 Å². The molecule has 0 radical (unpaired) electrons. The maximum absolute atomic E-state index is 11.9. The molecule has 0 aliphatic carbocycles. The van der Waals surface area contributed by atoms with Gasteiger partial charge < -0.3 is 9.84 Å². The number of aryl methyl sites for hydroxylation is 1. The van der Waals surface area contributed by atoms with Gasteiger partial charge in [0.15, 0.2) is 0 Å². The summed E-state index contributed by atoms with van der Waals surface area (Å²) in [5, 5.41) is 11.4. The van der Waals surface area contributed by atoms with Gasteiger partial charge in [-0.1, -0.05) is 9.64 Å². The van der Waals surface area contributed by atoms with Crippen LogP contribution in [0.25, 0.3) is 11.1 Å². The van der Waals surface area contributed by atoms with E-state index in [1.54, 1.807) is 13.0 Å². The number of pyridine rings is 1. The molecule has 3 aromatic rings. The predicted octanol–water partition coefficient (Wildman–Crippen LogP) is 1.64. The topological polar surface area (TPSA) is 93.8 Å². The zero-order valence-corrected chi connectivity index (χ0v) is 10.1. The van der Waals surface area contributed by atoms with Crippen molar-refractivity contribution in [3.8, 4) is 0 Å². The highest BCUT2D eigenvalue weighted by Crippen LogP contribution is 2.18. The van der Waals surface area contributed by atoms with Crippen molar-refractivity contribution in [2.75, 3.05) is 5.32 Å². The monoisotopic (exact) mass is 261 g/mol. The van der Waals surface area contributed by atoms with E-state index in [4.69, 9.17) is 4.52 Å². The molecule has 0 unspecified atom stereocenters. The Morgan fingerprint density at radius 3 is 3.11 bits per heavy atom. The first-order valence-corrected chi connectivity index (χ1v) is 5.82. The van der Waals surface area contributed by atoms with Gasteiger partial charge in [-0.3, -0.25) is 4.79 Å². The van der Waals surface area contributed by atoms with Gasteiger partial charge >= 0.3 is 0 Å². The molecule has 0 fully saturated rings. The Hall–Kier alpha value is -2.35. The largest absolute Gasteiger partial charge is 0.336 e. The van der Waals surface area contributed by atoms with E-state index in [0.29, 0.717) is 22.0 Å². The Labute approximate surface area is 105 Å². The number of nitrogens with one attached hydrogen (secondary N) is 1. The molecule has 0 saturated heterocycles. The number of amides is 1. The van der Waals surface area contributed by atoms with Gasteiger partial charge in [0.25, 0.3) is 11.6 Å². The molecule has 0 spiro atoms. The molecule has 1 amide bonds. The highest BCUT2D eigenvalue weighted by molar-refractivity contribution is 7.10. The van der Waals surface area contributed by atoms with Gasteiger partial charge in [-0.25, -0.2) is 4.98 Å². The molecule has 90 valence electrons. The zero-order chi connectivity index (χ0) is 12.5. The van der Waals surface area contributed by atoms with E-state index in [0.717, 1.165) is 16.9 Å². The van der Waals surface area contributed by atoms with E-state index < -0.39 is 0 Å². The number of anilines is 1. The number of hydrogen-bond acceptors (Lipinski definition) is 7. The molecular formula is C10H7N5O2S. The van der Waals surface area contributed by atoms with E-state index in [1.165, 1.54) is 12.4 Å². The molecule has 0 atom stereocenters. The van der Waals surface area contributed by atoms with Crippen LogP contribution in [0.15, 0.2) is 23.0 Å². The molecule has 18 heavy (non-hydrogen) atoms. The average molecular weight is 261 g/mol. The highest BCUT2D eigenvalue weighted by Gasteiger charge is 2.12. The fourth-order valence-electron chi connectivity index (χ4n) is 1.48. The predicted molar refractivity (Wildman–Crippen MR) is 64.4 cm³/mol. The number of carbonyl (C=O) groups excluding carboxylic acids is 1. The molecule has 1 N–H and O–H groups in total. The summed E-state index contributed by atoms with van der Waals surface area (Å²) in [6, 6.07) is 1.69. The fraction of sp³-hybridized carbons (Fsp3) is 0.100. The highest BCUT2D eigenvalue weighted by atomic mass is 32.1. The molecule has 0 saturated carbocycles. The summed E-state index contributed by atoms with van der Waals surface area (Å²) in [7, 11) is 0. The zero-order valence-electron chi connectivity index (χ0n) is 9.25. The third-order valence-corrected chi connectivity index (χ3v) is 2.95. The van der Waals surface area contributed by atoms with Crippen molar-refractivity contribution in [3.63, 3.8) is 0 Å². The number of aromatic nitrogens is 4. The lowest BCUT2D eigenvalue weighted by Gasteiger charge is -2.00. The molecule has 0 aliphatic rings. The minimum Gasteiger partial charge on any atom is -0.336 e. The Balaban J connectivity index is 1.93. The van der Waals surface area contributed by atoms with Crippen molar-refractivity contribution >= 4 is 33.5 Å². The summed E-state index contributed by atoms with van der Waals surface area (Å²) >= 11 is 1.11. The van der Waals surface area contributed by atoms with Crippen molar-refractivity contribution in [2.24, 2.45) is 0 Å². The van der Waals surface area contributed by atoms with Crippen LogP contribution in [-0.2, 0) is 0 Å². The second-order valence-electron chi connectivity index (χ2n) is 3.58. The SMILES string of the molecule is Cc1noc2ncc(C(=O)Nc3cnns3)cc12. The van der Waals surface area contributed by atoms with Crippen LogP contribution in [0, 0.1) is 6.92 Å². The Bertz CT molecular complexity index is 706. The average Bonchev–Trinajstić information content (AvgIpc) is 3.00. The summed E-state index contributed by atoms with van der Waals surface area (Å²) in [6.07, 6.45) is 2.93. The number of hydrogen-bond donors (Lipinski definition) is 1. The first kappa shape index (κ1) is 10.8. The van der Waals surface area contributed by atoms with Crippen LogP contribution < -0.4 is 5.32 Å². The van der Waals surface area contributed by atoms with E-state index in [-0.39, 0.29) is 5.91 Å². The summed E-state index contributed by atoms with van der Waals surface area (Å²) in [5.74, 6) is -0.268. The van der Waals surface area contributed by atoms with Crippen molar-refractivity contribution in [1.82, 2.24) is 19.7 Å². The Morgan fingerprint density at radius 1 is 1.44 bits per heavy atom. The molecule has 3 aromatic heterocycles. The normalized spacial score (nSPS) is 10.7. The quantitative estimate of drug-likeness (QED) is 0.753. The number of fused-ring (bicyclic) bond motifs is 1. The summed E-state index contributed by atoms with van der Waals surface area (Å²) < 4.78 is 8.64. The van der Waals surface area contributed by atoms with Crippen LogP contribution in [0.1, 0.15) is 16.1 Å². The van der Waals surface area contributed by atoms with Crippen LogP contribution in [0.2, 0.25) is 0 Å². The maximum atomic E-state index is 11.9. The van der Waals surface area contributed by atoms with E-state index in [2.05, 4.69) is 25.0 Å². The van der Waals surface area contributed by atoms with Crippen LogP contribution in [-0.4, -0.2) is 25.6 Å². The Morgan fingerprint density at radius 2 is 2.33 bits per heavy atom. The van der Waals surface area contributed by atoms with Gasteiger partial charge in [-0.15, -0.1) is 5.10 Å². The molecule has 8 heteroatoms. The molecular weight excluding hydrogens is 254 g/mol. The third-order valence-electron chi connectivity index (χ3n) is 2.37. The summed E-state index contributed by atoms with van der Waals surface area (Å²) in [4.78, 5) is 16.0. The van der Waals surface area contributed by atoms with Crippen molar-refractivity contribution in [3.05, 3.63) is 29.7 Å². The van der Waals surface area contributed by atoms with E-state index >= 15 is 0 Å². The van der Waals surface area contributed by atoms with Crippen molar-refractivity contribution in [1.29, 1.82) is 0 Å². The maximum Gasteiger partial charge on any atom is 0.257 e. The van der Waals surface area contributed by atoms with Gasteiger partial charge in [0.05, 0.1) is 22.8 Å². The van der Waals surface area contributed by atoms with Gasteiger partial charge in [0, 0.05) is 17.7 Å². The van der Waals surface area contributed by atoms with Crippen molar-refractivity contribution in [2.45, 2.75) is 6.92 Å². The first-order chi connectivity index (χ1) is 8.74. The fourth-order valence-corrected chi connectivity index (χ4v) is 1.89. The van der Waals surface area contributed by atoms with Crippen LogP contribution in [0.3, 0.4) is 0 Å². The standard InChI is InChI=1S/C10H7N5O2S/c1-5-7-2-6(3-11-10(7)17-14-5)9(16)13-8-4-12-15-18-8/h2-4H,1H3,(H,13,16). The second kappa shape index (κ2) is 4.15. The van der Waals surface area contributed by atoms with Crippen molar-refractivity contribution < 1.29 is 9.32 Å². The molecule has 0 aromatic carbocycles. The van der Waals surface area contributed by atoms with Crippen LogP contribution in [0.5, 0.6) is 0 Å². The van der Waals surface area contributed by atoms with E-state index in [9.17, 15) is 4.79 Å². The first-order valence-electron chi connectivity index (χ1n) is 5.05. The molecule has 0 aliphatic heterocycles. The smallest absolute Gasteiger partial charge is 0.257 e. The second-order valence-corrected chi connectivity index (χ2v) is 4.37. The minimum absolute atomic E-state index is 0.268. The minimum atomic E-state index is -0.268. The van der Waals surface area contributed by atoms with Crippen LogP contribution >= 0.6 is 11.5 Å². The number of carbonyl (C=O) groups is 1. The Kier molecular flexibility index (Phi) is 2.49. The lowest BCUT2D eigenvalue weighted by atomic mass is 10.2. The molecule has 3 rings (SSSR count). The molecule has 0 bridgehead atoms. The lowest BCUT2D eigenvalue weighted by molar-refractivity contribution is 0.102. The molecule has 7 nitrogen and oxygen atoms in total. The van der Waals surface area contributed by atoms with Crippen LogP contribution in [0.4, 0.5) is 5.00 Å². The number of nitrogens with zero attached hydrogens (tertiary/aromatic N) is 4. The summed E-state index contributed by atoms with van der Waals surface area (Å²) in [5.41, 5.74) is 1.55.